The Kier molecular flexibility index (Phi) is 6.51. The van der Waals surface area contributed by atoms with Gasteiger partial charge in [-0.3, -0.25) is 9.59 Å². The van der Waals surface area contributed by atoms with Crippen molar-refractivity contribution in [2.24, 2.45) is 5.92 Å². The molecule has 1 fully saturated rings. The lowest BCUT2D eigenvalue weighted by Crippen LogP contribution is -2.52. The van der Waals surface area contributed by atoms with E-state index in [-0.39, 0.29) is 17.1 Å². The first-order valence-corrected chi connectivity index (χ1v) is 9.23. The Morgan fingerprint density at radius 2 is 1.61 bits per heavy atom. The highest BCUT2D eigenvalue weighted by atomic mass is 32.2. The van der Waals surface area contributed by atoms with Crippen molar-refractivity contribution in [2.45, 2.75) is 31.8 Å². The normalized spacial score (nSPS) is 16.5. The van der Waals surface area contributed by atoms with E-state index in [1.165, 1.54) is 5.56 Å². The fourth-order valence-electron chi connectivity index (χ4n) is 2.73. The van der Waals surface area contributed by atoms with E-state index in [9.17, 15) is 9.59 Å². The zero-order valence-electron chi connectivity index (χ0n) is 14.2. The first-order chi connectivity index (χ1) is 11.0. The summed E-state index contributed by atoms with van der Waals surface area (Å²) in [5, 5.41) is -0.0286. The van der Waals surface area contributed by atoms with Gasteiger partial charge in [0.15, 0.2) is 0 Å². The Hall–Kier alpha value is -1.49. The van der Waals surface area contributed by atoms with Gasteiger partial charge in [0.2, 0.25) is 11.8 Å². The fraction of sp³-hybridized carbons (Fsp3) is 0.556. The van der Waals surface area contributed by atoms with Crippen molar-refractivity contribution in [2.75, 3.05) is 26.2 Å². The zero-order valence-corrected chi connectivity index (χ0v) is 15.0. The molecule has 0 N–H and O–H groups in total. The van der Waals surface area contributed by atoms with Crippen molar-refractivity contribution in [1.29, 1.82) is 0 Å². The molecule has 1 aliphatic heterocycles. The summed E-state index contributed by atoms with van der Waals surface area (Å²) in [5.41, 5.74) is 1.25. The monoisotopic (exact) mass is 334 g/mol. The molecule has 2 rings (SSSR count). The second-order valence-corrected chi connectivity index (χ2v) is 7.42. The molecule has 1 atom stereocenters. The summed E-state index contributed by atoms with van der Waals surface area (Å²) in [6.45, 7) is 8.38. The van der Waals surface area contributed by atoms with E-state index in [2.05, 4.69) is 26.0 Å². The number of benzene rings is 1. The van der Waals surface area contributed by atoms with E-state index in [1.54, 1.807) is 18.7 Å². The number of piperazine rings is 1. The third kappa shape index (κ3) is 4.99. The summed E-state index contributed by atoms with van der Waals surface area (Å²) in [4.78, 5) is 28.0. The van der Waals surface area contributed by atoms with Crippen LogP contribution in [0.2, 0.25) is 0 Å². The molecule has 0 saturated carbocycles. The quantitative estimate of drug-likeness (QED) is 0.831. The molecular formula is C18H26N2O2S. The lowest BCUT2D eigenvalue weighted by Gasteiger charge is -2.36. The van der Waals surface area contributed by atoms with Crippen LogP contribution in [0.15, 0.2) is 30.3 Å². The van der Waals surface area contributed by atoms with Gasteiger partial charge < -0.3 is 9.80 Å². The molecule has 2 amide bonds. The van der Waals surface area contributed by atoms with E-state index >= 15 is 0 Å². The van der Waals surface area contributed by atoms with Crippen molar-refractivity contribution >= 4 is 23.6 Å². The minimum atomic E-state index is -0.0286. The Morgan fingerprint density at radius 3 is 2.13 bits per heavy atom. The second-order valence-electron chi connectivity index (χ2n) is 6.29. The number of nitrogens with zero attached hydrogens (tertiary/aromatic N) is 2. The van der Waals surface area contributed by atoms with Crippen LogP contribution in [0.4, 0.5) is 0 Å². The van der Waals surface area contributed by atoms with Crippen LogP contribution >= 0.6 is 11.8 Å². The highest BCUT2D eigenvalue weighted by Crippen LogP contribution is 2.26. The minimum absolute atomic E-state index is 0.0286. The number of hydrogen-bond donors (Lipinski definition) is 0. The van der Waals surface area contributed by atoms with Crippen LogP contribution in [0.25, 0.3) is 0 Å². The molecule has 1 saturated heterocycles. The van der Waals surface area contributed by atoms with Gasteiger partial charge in [-0.25, -0.2) is 0 Å². The second kappa shape index (κ2) is 8.39. The molecule has 1 aromatic rings. The van der Waals surface area contributed by atoms with Crippen molar-refractivity contribution in [1.82, 2.24) is 9.80 Å². The number of carbonyl (C=O) groups is 2. The SMILES string of the molecule is CC(=O)N1CCN(C(=O)C(SCc2ccccc2)C(C)C)CC1. The van der Waals surface area contributed by atoms with Gasteiger partial charge in [0, 0.05) is 38.9 Å². The van der Waals surface area contributed by atoms with Gasteiger partial charge in [0.05, 0.1) is 5.25 Å². The average molecular weight is 334 g/mol. The first-order valence-electron chi connectivity index (χ1n) is 8.19. The maximum absolute atomic E-state index is 12.8. The molecule has 4 nitrogen and oxygen atoms in total. The van der Waals surface area contributed by atoms with E-state index in [0.29, 0.717) is 32.1 Å². The number of amides is 2. The summed E-state index contributed by atoms with van der Waals surface area (Å²) >= 11 is 1.72. The number of rotatable bonds is 5. The maximum atomic E-state index is 12.8. The minimum Gasteiger partial charge on any atom is -0.339 e. The predicted octanol–water partition coefficient (Wildman–Crippen LogP) is 2.64. The van der Waals surface area contributed by atoms with E-state index in [4.69, 9.17) is 0 Å². The summed E-state index contributed by atoms with van der Waals surface area (Å²) in [6, 6.07) is 10.3. The molecule has 23 heavy (non-hydrogen) atoms. The molecular weight excluding hydrogens is 308 g/mol. The Balaban J connectivity index is 1.92. The molecule has 126 valence electrons. The van der Waals surface area contributed by atoms with E-state index < -0.39 is 0 Å². The van der Waals surface area contributed by atoms with Gasteiger partial charge in [-0.2, -0.15) is 0 Å². The average Bonchev–Trinajstić information content (AvgIpc) is 2.55. The van der Waals surface area contributed by atoms with Crippen LogP contribution in [0.3, 0.4) is 0 Å². The summed E-state index contributed by atoms with van der Waals surface area (Å²) < 4.78 is 0. The molecule has 0 radical (unpaired) electrons. The Bertz CT molecular complexity index is 525. The first kappa shape index (κ1) is 17.9. The van der Waals surface area contributed by atoms with Crippen LogP contribution in [0, 0.1) is 5.92 Å². The molecule has 0 bridgehead atoms. The molecule has 5 heteroatoms. The summed E-state index contributed by atoms with van der Waals surface area (Å²) in [6.07, 6.45) is 0. The topological polar surface area (TPSA) is 40.6 Å². The molecule has 1 aliphatic rings. The Labute approximate surface area is 143 Å². The van der Waals surface area contributed by atoms with Gasteiger partial charge in [0.25, 0.3) is 0 Å². The molecule has 0 aliphatic carbocycles. The Morgan fingerprint density at radius 1 is 1.04 bits per heavy atom. The van der Waals surface area contributed by atoms with Crippen molar-refractivity contribution < 1.29 is 9.59 Å². The number of carbonyl (C=O) groups excluding carboxylic acids is 2. The largest absolute Gasteiger partial charge is 0.339 e. The van der Waals surface area contributed by atoms with Crippen LogP contribution in [-0.4, -0.2) is 53.0 Å². The summed E-state index contributed by atoms with van der Waals surface area (Å²) in [7, 11) is 0. The molecule has 1 heterocycles. The standard InChI is InChI=1S/C18H26N2O2S/c1-14(2)17(23-13-16-7-5-4-6-8-16)18(22)20-11-9-19(10-12-20)15(3)21/h4-8,14,17H,9-13H2,1-3H3. The van der Waals surface area contributed by atoms with Gasteiger partial charge in [-0.1, -0.05) is 44.2 Å². The molecule has 1 aromatic carbocycles. The highest BCUT2D eigenvalue weighted by Gasteiger charge is 2.30. The number of thioether (sulfide) groups is 1. The zero-order chi connectivity index (χ0) is 16.8. The summed E-state index contributed by atoms with van der Waals surface area (Å²) in [5.74, 6) is 1.45. The van der Waals surface area contributed by atoms with Gasteiger partial charge in [-0.15, -0.1) is 11.8 Å². The van der Waals surface area contributed by atoms with Gasteiger partial charge >= 0.3 is 0 Å². The van der Waals surface area contributed by atoms with Crippen molar-refractivity contribution in [3.8, 4) is 0 Å². The third-order valence-electron chi connectivity index (χ3n) is 4.16. The fourth-order valence-corrected chi connectivity index (χ4v) is 3.97. The van der Waals surface area contributed by atoms with Crippen LogP contribution < -0.4 is 0 Å². The molecule has 1 unspecified atom stereocenters. The van der Waals surface area contributed by atoms with E-state index in [1.807, 2.05) is 28.0 Å². The van der Waals surface area contributed by atoms with Crippen LogP contribution in [0.5, 0.6) is 0 Å². The smallest absolute Gasteiger partial charge is 0.236 e. The van der Waals surface area contributed by atoms with E-state index in [0.717, 1.165) is 5.75 Å². The van der Waals surface area contributed by atoms with Gasteiger partial charge in [0.1, 0.15) is 0 Å². The molecule has 0 spiro atoms. The van der Waals surface area contributed by atoms with Crippen molar-refractivity contribution in [3.63, 3.8) is 0 Å². The van der Waals surface area contributed by atoms with Crippen molar-refractivity contribution in [3.05, 3.63) is 35.9 Å². The third-order valence-corrected chi connectivity index (χ3v) is 5.76. The van der Waals surface area contributed by atoms with Crippen LogP contribution in [0.1, 0.15) is 26.3 Å². The lowest BCUT2D eigenvalue weighted by molar-refractivity contribution is -0.138. The maximum Gasteiger partial charge on any atom is 0.236 e. The lowest BCUT2D eigenvalue weighted by atomic mass is 10.1. The number of hydrogen-bond acceptors (Lipinski definition) is 3. The predicted molar refractivity (Wildman–Crippen MR) is 95.2 cm³/mol. The highest BCUT2D eigenvalue weighted by molar-refractivity contribution is 7.99. The van der Waals surface area contributed by atoms with Gasteiger partial charge in [-0.05, 0) is 11.5 Å². The van der Waals surface area contributed by atoms with Crippen LogP contribution in [-0.2, 0) is 15.3 Å². The molecule has 0 aromatic heterocycles.